The van der Waals surface area contributed by atoms with E-state index in [1.54, 1.807) is 25.4 Å². The minimum atomic E-state index is -0.257. The van der Waals surface area contributed by atoms with Crippen molar-refractivity contribution in [1.29, 1.82) is 0 Å². The molecule has 268 valence electrons. The van der Waals surface area contributed by atoms with Crippen molar-refractivity contribution >= 4 is 29.5 Å². The first kappa shape index (κ1) is 36.1. The summed E-state index contributed by atoms with van der Waals surface area (Å²) in [6, 6.07) is 23.1. The Morgan fingerprint density at radius 2 is 1.69 bits per heavy atom. The molecule has 0 saturated carbocycles. The molecule has 52 heavy (non-hydrogen) atoms. The van der Waals surface area contributed by atoms with E-state index in [1.165, 1.54) is 0 Å². The number of carbonyl (C=O) groups is 1. The van der Waals surface area contributed by atoms with Crippen LogP contribution in [-0.2, 0) is 34.6 Å². The lowest BCUT2D eigenvalue weighted by Gasteiger charge is -2.13. The molecule has 0 saturated heterocycles. The van der Waals surface area contributed by atoms with Crippen LogP contribution in [0, 0.1) is 6.92 Å². The van der Waals surface area contributed by atoms with Gasteiger partial charge in [0, 0.05) is 22.6 Å². The summed E-state index contributed by atoms with van der Waals surface area (Å²) < 4.78 is 30.9. The Morgan fingerprint density at radius 3 is 2.40 bits per heavy atom. The standard InChI is InChI=1S/C41H42N4O6S/c1-7-48-37(46)22-28-13-16-30(17-14-28)38-43-34(27(2)51-38)25-49-35-20-15-29(21-36(35)47-6)24-50-39-31(23-45(44-39)33-11-9-8-10-12-33)18-19-32-26-52-40(42-32)41(3,4)5/h8-21,23,26H,7,22,24-25H2,1-6H3. The normalized spacial score (nSPS) is 11.6. The monoisotopic (exact) mass is 718 g/mol. The van der Waals surface area contributed by atoms with Gasteiger partial charge in [-0.05, 0) is 73.5 Å². The van der Waals surface area contributed by atoms with Crippen LogP contribution in [0.3, 0.4) is 0 Å². The molecular formula is C41H42N4O6S. The highest BCUT2D eigenvalue weighted by molar-refractivity contribution is 7.09. The zero-order valence-corrected chi connectivity index (χ0v) is 31.0. The first-order chi connectivity index (χ1) is 25.1. The number of ether oxygens (including phenoxy) is 4. The first-order valence-corrected chi connectivity index (χ1v) is 17.9. The average Bonchev–Trinajstić information content (AvgIpc) is 3.88. The van der Waals surface area contributed by atoms with E-state index in [1.807, 2.05) is 103 Å². The highest BCUT2D eigenvalue weighted by Crippen LogP contribution is 2.32. The fourth-order valence-corrected chi connectivity index (χ4v) is 6.12. The molecular weight excluding hydrogens is 677 g/mol. The van der Waals surface area contributed by atoms with Crippen molar-refractivity contribution in [3.63, 3.8) is 0 Å². The smallest absolute Gasteiger partial charge is 0.310 e. The quantitative estimate of drug-likeness (QED) is 0.102. The van der Waals surface area contributed by atoms with Crippen molar-refractivity contribution in [2.75, 3.05) is 13.7 Å². The van der Waals surface area contributed by atoms with Crippen LogP contribution < -0.4 is 14.2 Å². The number of para-hydroxylation sites is 1. The van der Waals surface area contributed by atoms with Crippen LogP contribution in [0.2, 0.25) is 0 Å². The van der Waals surface area contributed by atoms with Crippen molar-refractivity contribution in [2.24, 2.45) is 0 Å². The third-order valence-electron chi connectivity index (χ3n) is 8.04. The molecule has 0 atom stereocenters. The van der Waals surface area contributed by atoms with Gasteiger partial charge < -0.3 is 23.4 Å². The summed E-state index contributed by atoms with van der Waals surface area (Å²) in [6.45, 7) is 10.9. The van der Waals surface area contributed by atoms with E-state index in [0.717, 1.165) is 38.6 Å². The van der Waals surface area contributed by atoms with Gasteiger partial charge in [-0.1, -0.05) is 57.2 Å². The van der Waals surface area contributed by atoms with E-state index >= 15 is 0 Å². The number of rotatable bonds is 14. The molecule has 0 fully saturated rings. The topological polar surface area (TPSA) is 111 Å². The number of hydrogen-bond donors (Lipinski definition) is 0. The molecule has 0 bridgehead atoms. The highest BCUT2D eigenvalue weighted by Gasteiger charge is 2.18. The second-order valence-electron chi connectivity index (χ2n) is 13.1. The molecule has 10 nitrogen and oxygen atoms in total. The Hall–Kier alpha value is -5.68. The van der Waals surface area contributed by atoms with Crippen LogP contribution in [0.15, 0.2) is 88.8 Å². The lowest BCUT2D eigenvalue weighted by molar-refractivity contribution is -0.142. The summed E-state index contributed by atoms with van der Waals surface area (Å²) in [5.74, 6) is 2.49. The molecule has 3 aromatic heterocycles. The zero-order chi connectivity index (χ0) is 36.7. The van der Waals surface area contributed by atoms with E-state index in [2.05, 4.69) is 31.1 Å². The Morgan fingerprint density at radius 1 is 0.923 bits per heavy atom. The minimum absolute atomic E-state index is 0.00781. The molecule has 0 radical (unpaired) electrons. The van der Waals surface area contributed by atoms with Crippen molar-refractivity contribution < 1.29 is 28.2 Å². The van der Waals surface area contributed by atoms with Gasteiger partial charge in [0.15, 0.2) is 11.5 Å². The maximum Gasteiger partial charge on any atom is 0.310 e. The van der Waals surface area contributed by atoms with Crippen LogP contribution in [-0.4, -0.2) is 39.4 Å². The van der Waals surface area contributed by atoms with Crippen LogP contribution in [0.25, 0.3) is 29.3 Å². The van der Waals surface area contributed by atoms with E-state index in [-0.39, 0.29) is 31.0 Å². The molecule has 0 unspecified atom stereocenters. The fourth-order valence-electron chi connectivity index (χ4n) is 5.24. The summed E-state index contributed by atoms with van der Waals surface area (Å²) in [5, 5.41) is 7.91. The lowest BCUT2D eigenvalue weighted by Crippen LogP contribution is -2.10. The number of methoxy groups -OCH3 is 1. The summed E-state index contributed by atoms with van der Waals surface area (Å²) in [7, 11) is 1.60. The number of thiazole rings is 1. The predicted octanol–water partition coefficient (Wildman–Crippen LogP) is 9.03. The SMILES string of the molecule is CCOC(=O)Cc1ccc(-c2nc(COc3ccc(COc4nn(-c5ccccc5)cc4C=Cc4csc(C(C)(C)C)n4)cc3OC)c(C)o2)cc1. The molecule has 3 heterocycles. The predicted molar refractivity (Wildman–Crippen MR) is 202 cm³/mol. The molecule has 0 spiro atoms. The van der Waals surface area contributed by atoms with Crippen molar-refractivity contribution in [3.8, 4) is 34.5 Å². The van der Waals surface area contributed by atoms with E-state index in [9.17, 15) is 4.79 Å². The van der Waals surface area contributed by atoms with Crippen LogP contribution in [0.4, 0.5) is 0 Å². The first-order valence-electron chi connectivity index (χ1n) is 17.0. The van der Waals surface area contributed by atoms with Gasteiger partial charge in [-0.15, -0.1) is 16.4 Å². The lowest BCUT2D eigenvalue weighted by atomic mass is 9.98. The molecule has 0 N–H and O–H groups in total. The van der Waals surface area contributed by atoms with Gasteiger partial charge in [-0.2, -0.15) is 0 Å². The number of benzene rings is 3. The third-order valence-corrected chi connectivity index (χ3v) is 9.33. The van der Waals surface area contributed by atoms with Gasteiger partial charge in [0.1, 0.15) is 24.7 Å². The molecule has 0 aliphatic carbocycles. The largest absolute Gasteiger partial charge is 0.493 e. The van der Waals surface area contributed by atoms with E-state index < -0.39 is 0 Å². The Labute approximate surface area is 307 Å². The van der Waals surface area contributed by atoms with E-state index in [0.29, 0.717) is 41.3 Å². The number of hydrogen-bond acceptors (Lipinski definition) is 10. The fraction of sp³-hybridized carbons (Fsp3) is 0.268. The third kappa shape index (κ3) is 8.96. The molecule has 6 aromatic rings. The number of aryl methyl sites for hydroxylation is 1. The highest BCUT2D eigenvalue weighted by atomic mass is 32.1. The van der Waals surface area contributed by atoms with Gasteiger partial charge in [-0.25, -0.2) is 14.6 Å². The van der Waals surface area contributed by atoms with Gasteiger partial charge >= 0.3 is 5.97 Å². The average molecular weight is 719 g/mol. The van der Waals surface area contributed by atoms with Crippen molar-refractivity contribution in [1.82, 2.24) is 19.7 Å². The molecule has 11 heteroatoms. The molecule has 3 aromatic carbocycles. The number of aromatic nitrogens is 4. The maximum atomic E-state index is 11.8. The number of carbonyl (C=O) groups excluding carboxylic acids is 1. The van der Waals surface area contributed by atoms with Crippen molar-refractivity contribution in [2.45, 2.75) is 59.7 Å². The summed E-state index contributed by atoms with van der Waals surface area (Å²) >= 11 is 1.66. The number of nitrogens with zero attached hydrogens (tertiary/aromatic N) is 4. The van der Waals surface area contributed by atoms with Crippen LogP contribution in [0.5, 0.6) is 17.4 Å². The molecule has 0 aliphatic rings. The molecule has 0 amide bonds. The molecule has 0 aliphatic heterocycles. The number of oxazole rings is 1. The van der Waals surface area contributed by atoms with Gasteiger partial charge in [0.25, 0.3) is 0 Å². The van der Waals surface area contributed by atoms with Crippen LogP contribution in [0.1, 0.15) is 66.5 Å². The zero-order valence-electron chi connectivity index (χ0n) is 30.2. The van der Waals surface area contributed by atoms with Crippen LogP contribution >= 0.6 is 11.3 Å². The summed E-state index contributed by atoms with van der Waals surface area (Å²) in [4.78, 5) is 21.3. The molecule has 6 rings (SSSR count). The summed E-state index contributed by atoms with van der Waals surface area (Å²) in [6.07, 6.45) is 6.14. The van der Waals surface area contributed by atoms with Crippen molar-refractivity contribution in [3.05, 3.63) is 123 Å². The Kier molecular flexibility index (Phi) is 11.2. The summed E-state index contributed by atoms with van der Waals surface area (Å²) in [5.41, 5.74) is 5.85. The van der Waals surface area contributed by atoms with E-state index in [4.69, 9.17) is 33.4 Å². The Balaban J connectivity index is 1.13. The van der Waals surface area contributed by atoms with Gasteiger partial charge in [0.05, 0.1) is 42.1 Å². The Bertz CT molecular complexity index is 2140. The minimum Gasteiger partial charge on any atom is -0.493 e. The van der Waals surface area contributed by atoms with Gasteiger partial charge in [-0.3, -0.25) is 4.79 Å². The second-order valence-corrected chi connectivity index (χ2v) is 14.0. The second kappa shape index (κ2) is 16.1. The number of esters is 1. The van der Waals surface area contributed by atoms with Gasteiger partial charge in [0.2, 0.25) is 11.8 Å². The maximum absolute atomic E-state index is 11.8.